The van der Waals surface area contributed by atoms with Crippen LogP contribution in [-0.4, -0.2) is 16.0 Å². The third-order valence-electron chi connectivity index (χ3n) is 4.14. The first-order valence-corrected chi connectivity index (χ1v) is 6.59. The molecular formula is C16H13NO4. The van der Waals surface area contributed by atoms with Gasteiger partial charge in [0, 0.05) is 18.1 Å². The Kier molecular flexibility index (Phi) is 2.97. The van der Waals surface area contributed by atoms with Crippen LogP contribution < -0.4 is 0 Å². The van der Waals surface area contributed by atoms with Crippen LogP contribution in [0.1, 0.15) is 23.5 Å². The number of non-ortho nitro benzene ring substituents is 1. The Morgan fingerprint density at radius 2 is 1.76 bits per heavy atom. The van der Waals surface area contributed by atoms with E-state index in [9.17, 15) is 20.0 Å². The van der Waals surface area contributed by atoms with Gasteiger partial charge in [0.1, 0.15) is 5.41 Å². The first-order chi connectivity index (χ1) is 10.1. The summed E-state index contributed by atoms with van der Waals surface area (Å²) in [5.41, 5.74) is 0.611. The van der Waals surface area contributed by atoms with Crippen molar-refractivity contribution in [1.82, 2.24) is 0 Å². The summed E-state index contributed by atoms with van der Waals surface area (Å²) in [6.07, 6.45) is 0.518. The molecule has 0 aromatic heterocycles. The number of carboxylic acids is 1. The van der Waals surface area contributed by atoms with E-state index in [1.165, 1.54) is 12.1 Å². The fourth-order valence-electron chi connectivity index (χ4n) is 2.91. The van der Waals surface area contributed by atoms with Gasteiger partial charge in [0.2, 0.25) is 0 Å². The van der Waals surface area contributed by atoms with Crippen molar-refractivity contribution in [2.24, 2.45) is 0 Å². The molecule has 1 N–H and O–H groups in total. The Bertz CT molecular complexity index is 696. The van der Waals surface area contributed by atoms with Gasteiger partial charge in [0.05, 0.1) is 4.92 Å². The molecule has 5 nitrogen and oxygen atoms in total. The van der Waals surface area contributed by atoms with Crippen molar-refractivity contribution >= 4 is 11.7 Å². The van der Waals surface area contributed by atoms with Crippen LogP contribution in [0, 0.1) is 10.1 Å². The lowest BCUT2D eigenvalue weighted by atomic mass is 9.90. The summed E-state index contributed by atoms with van der Waals surface area (Å²) in [5, 5.41) is 20.3. The molecule has 0 bridgehead atoms. The molecule has 2 unspecified atom stereocenters. The summed E-state index contributed by atoms with van der Waals surface area (Å²) >= 11 is 0. The molecule has 1 saturated carbocycles. The van der Waals surface area contributed by atoms with E-state index in [0.29, 0.717) is 12.0 Å². The first kappa shape index (κ1) is 13.3. The predicted molar refractivity (Wildman–Crippen MR) is 76.2 cm³/mol. The summed E-state index contributed by atoms with van der Waals surface area (Å²) < 4.78 is 0. The number of aliphatic carboxylic acids is 1. The lowest BCUT2D eigenvalue weighted by Crippen LogP contribution is -2.22. The Labute approximate surface area is 121 Å². The maximum absolute atomic E-state index is 11.8. The van der Waals surface area contributed by atoms with Crippen LogP contribution in [0.4, 0.5) is 5.69 Å². The highest BCUT2D eigenvalue weighted by atomic mass is 16.6. The third-order valence-corrected chi connectivity index (χ3v) is 4.14. The largest absolute Gasteiger partial charge is 0.481 e. The average molecular weight is 283 g/mol. The fourth-order valence-corrected chi connectivity index (χ4v) is 2.91. The molecule has 0 radical (unpaired) electrons. The molecule has 0 heterocycles. The van der Waals surface area contributed by atoms with Gasteiger partial charge >= 0.3 is 5.97 Å². The molecule has 0 saturated heterocycles. The Hall–Kier alpha value is -2.69. The van der Waals surface area contributed by atoms with Crippen LogP contribution in [0.5, 0.6) is 0 Å². The highest BCUT2D eigenvalue weighted by Crippen LogP contribution is 2.60. The second-order valence-electron chi connectivity index (χ2n) is 5.25. The van der Waals surface area contributed by atoms with Crippen LogP contribution in [-0.2, 0) is 10.2 Å². The summed E-state index contributed by atoms with van der Waals surface area (Å²) in [6.45, 7) is 0. The van der Waals surface area contributed by atoms with Gasteiger partial charge in [-0.2, -0.15) is 0 Å². The highest BCUT2D eigenvalue weighted by Gasteiger charge is 2.62. The van der Waals surface area contributed by atoms with E-state index in [-0.39, 0.29) is 11.6 Å². The molecule has 0 amide bonds. The minimum atomic E-state index is -0.962. The topological polar surface area (TPSA) is 80.4 Å². The van der Waals surface area contributed by atoms with Gasteiger partial charge in [-0.3, -0.25) is 14.9 Å². The molecule has 0 aliphatic heterocycles. The molecule has 1 aliphatic carbocycles. The van der Waals surface area contributed by atoms with Gasteiger partial charge in [-0.1, -0.05) is 42.5 Å². The van der Waals surface area contributed by atoms with Crippen LogP contribution in [0.25, 0.3) is 0 Å². The maximum atomic E-state index is 11.8. The zero-order valence-corrected chi connectivity index (χ0v) is 11.1. The van der Waals surface area contributed by atoms with E-state index in [2.05, 4.69) is 0 Å². The van der Waals surface area contributed by atoms with Gasteiger partial charge in [-0.05, 0) is 17.5 Å². The van der Waals surface area contributed by atoms with Crippen molar-refractivity contribution in [1.29, 1.82) is 0 Å². The van der Waals surface area contributed by atoms with Crippen molar-refractivity contribution in [2.45, 2.75) is 17.8 Å². The molecule has 3 rings (SSSR count). The molecule has 2 aromatic rings. The quantitative estimate of drug-likeness (QED) is 0.690. The minimum Gasteiger partial charge on any atom is -0.481 e. The molecule has 0 spiro atoms. The normalized spacial score (nSPS) is 23.5. The molecule has 2 aromatic carbocycles. The summed E-state index contributed by atoms with van der Waals surface area (Å²) in [7, 11) is 0. The fraction of sp³-hybridized carbons (Fsp3) is 0.188. The van der Waals surface area contributed by atoms with Gasteiger partial charge in [0.25, 0.3) is 5.69 Å². The van der Waals surface area contributed by atoms with Crippen LogP contribution >= 0.6 is 0 Å². The molecule has 5 heteroatoms. The van der Waals surface area contributed by atoms with Crippen molar-refractivity contribution in [3.63, 3.8) is 0 Å². The van der Waals surface area contributed by atoms with Crippen LogP contribution in [0.2, 0.25) is 0 Å². The second-order valence-corrected chi connectivity index (χ2v) is 5.25. The number of nitrogens with zero attached hydrogens (tertiary/aromatic N) is 1. The predicted octanol–water partition coefficient (Wildman–Crippen LogP) is 3.10. The van der Waals surface area contributed by atoms with E-state index >= 15 is 0 Å². The monoisotopic (exact) mass is 283 g/mol. The molecule has 1 fully saturated rings. The Morgan fingerprint density at radius 3 is 2.29 bits per heavy atom. The van der Waals surface area contributed by atoms with E-state index < -0.39 is 16.3 Å². The number of nitro benzene ring substituents is 1. The van der Waals surface area contributed by atoms with Crippen LogP contribution in [0.3, 0.4) is 0 Å². The number of hydrogen-bond acceptors (Lipinski definition) is 3. The minimum absolute atomic E-state index is 0.0313. The lowest BCUT2D eigenvalue weighted by Gasteiger charge is -2.13. The highest BCUT2D eigenvalue weighted by molar-refractivity contribution is 5.87. The Balaban J connectivity index is 1.97. The SMILES string of the molecule is O=C(O)C1(c2ccc([N+](=O)[O-])cc2)CC1c1ccccc1. The summed E-state index contributed by atoms with van der Waals surface area (Å²) in [6, 6.07) is 15.3. The van der Waals surface area contributed by atoms with E-state index in [0.717, 1.165) is 5.56 Å². The number of benzene rings is 2. The number of carboxylic acid groups (broad SMARTS) is 1. The number of carbonyl (C=O) groups is 1. The molecule has 2 atom stereocenters. The number of nitro groups is 1. The Morgan fingerprint density at radius 1 is 1.14 bits per heavy atom. The molecular weight excluding hydrogens is 270 g/mol. The molecule has 21 heavy (non-hydrogen) atoms. The van der Waals surface area contributed by atoms with Gasteiger partial charge < -0.3 is 5.11 Å². The van der Waals surface area contributed by atoms with Crippen molar-refractivity contribution in [3.05, 3.63) is 75.8 Å². The summed E-state index contributed by atoms with van der Waals surface area (Å²) in [4.78, 5) is 22.0. The van der Waals surface area contributed by atoms with Crippen molar-refractivity contribution in [3.8, 4) is 0 Å². The van der Waals surface area contributed by atoms with E-state index in [1.807, 2.05) is 30.3 Å². The second kappa shape index (κ2) is 4.70. The lowest BCUT2D eigenvalue weighted by molar-refractivity contribution is -0.384. The average Bonchev–Trinajstić information content (AvgIpc) is 3.25. The van der Waals surface area contributed by atoms with Crippen LogP contribution in [0.15, 0.2) is 54.6 Å². The number of hydrogen-bond donors (Lipinski definition) is 1. The van der Waals surface area contributed by atoms with Crippen molar-refractivity contribution < 1.29 is 14.8 Å². The van der Waals surface area contributed by atoms with E-state index in [4.69, 9.17) is 0 Å². The van der Waals surface area contributed by atoms with Crippen molar-refractivity contribution in [2.75, 3.05) is 0 Å². The third kappa shape index (κ3) is 2.07. The molecule has 1 aliphatic rings. The maximum Gasteiger partial charge on any atom is 0.314 e. The molecule has 106 valence electrons. The smallest absolute Gasteiger partial charge is 0.314 e. The summed E-state index contributed by atoms with van der Waals surface area (Å²) in [5.74, 6) is -0.970. The number of rotatable bonds is 4. The van der Waals surface area contributed by atoms with Gasteiger partial charge in [-0.25, -0.2) is 0 Å². The standard InChI is InChI=1S/C16H13NO4/c18-15(19)16(10-14(16)11-4-2-1-3-5-11)12-6-8-13(9-7-12)17(20)21/h1-9,14H,10H2,(H,18,19). The first-order valence-electron chi connectivity index (χ1n) is 6.59. The van der Waals surface area contributed by atoms with Gasteiger partial charge in [-0.15, -0.1) is 0 Å². The zero-order chi connectivity index (χ0) is 15.0. The van der Waals surface area contributed by atoms with Gasteiger partial charge in [0.15, 0.2) is 0 Å². The van der Waals surface area contributed by atoms with E-state index in [1.54, 1.807) is 12.1 Å². The zero-order valence-electron chi connectivity index (χ0n) is 11.1.